The third kappa shape index (κ3) is 3.70. The summed E-state index contributed by atoms with van der Waals surface area (Å²) in [4.78, 5) is 34.7. The number of likely N-dealkylation sites (N-methyl/N-ethyl adjacent to an activating group) is 1. The lowest BCUT2D eigenvalue weighted by atomic mass is 10.1. The van der Waals surface area contributed by atoms with Crippen LogP contribution in [0.3, 0.4) is 0 Å². The Morgan fingerprint density at radius 2 is 2.10 bits per heavy atom. The standard InChI is InChI=1S/C12H14N2O5S/c1-3-13(7-11(15)16)12(17)8-4-5-10(20-2)9(6-8)14(18)19/h4-6H,3,7H2,1-2H3,(H,15,16). The molecule has 0 spiro atoms. The molecule has 0 fully saturated rings. The fourth-order valence-electron chi connectivity index (χ4n) is 1.64. The van der Waals surface area contributed by atoms with Gasteiger partial charge in [-0.1, -0.05) is 0 Å². The van der Waals surface area contributed by atoms with E-state index in [-0.39, 0.29) is 17.8 Å². The topological polar surface area (TPSA) is 101 Å². The van der Waals surface area contributed by atoms with E-state index in [0.29, 0.717) is 4.90 Å². The first-order chi connectivity index (χ1) is 9.40. The van der Waals surface area contributed by atoms with Crippen molar-refractivity contribution < 1.29 is 19.6 Å². The van der Waals surface area contributed by atoms with E-state index in [9.17, 15) is 19.7 Å². The van der Waals surface area contributed by atoms with E-state index < -0.39 is 23.3 Å². The Balaban J connectivity index is 3.12. The summed E-state index contributed by atoms with van der Waals surface area (Å²) < 4.78 is 0. The SMILES string of the molecule is CCN(CC(=O)O)C(=O)c1ccc(SC)c([N+](=O)[O-])c1. The van der Waals surface area contributed by atoms with Crippen molar-refractivity contribution in [2.45, 2.75) is 11.8 Å². The fourth-order valence-corrected chi connectivity index (χ4v) is 2.19. The molecule has 0 atom stereocenters. The van der Waals surface area contributed by atoms with Crippen LogP contribution in [0.25, 0.3) is 0 Å². The van der Waals surface area contributed by atoms with Gasteiger partial charge in [-0.15, -0.1) is 11.8 Å². The van der Waals surface area contributed by atoms with E-state index in [1.807, 2.05) is 0 Å². The summed E-state index contributed by atoms with van der Waals surface area (Å²) in [7, 11) is 0. The minimum atomic E-state index is -1.13. The van der Waals surface area contributed by atoms with Crippen LogP contribution in [-0.2, 0) is 4.79 Å². The van der Waals surface area contributed by atoms with E-state index in [1.165, 1.54) is 30.0 Å². The van der Waals surface area contributed by atoms with Crippen molar-refractivity contribution in [3.63, 3.8) is 0 Å². The summed E-state index contributed by atoms with van der Waals surface area (Å²) in [5, 5.41) is 19.7. The average Bonchev–Trinajstić information content (AvgIpc) is 2.42. The molecule has 0 radical (unpaired) electrons. The van der Waals surface area contributed by atoms with Gasteiger partial charge in [0.1, 0.15) is 6.54 Å². The lowest BCUT2D eigenvalue weighted by Gasteiger charge is -2.18. The van der Waals surface area contributed by atoms with Crippen LogP contribution in [0, 0.1) is 10.1 Å². The number of carboxylic acids is 1. The van der Waals surface area contributed by atoms with Gasteiger partial charge in [-0.25, -0.2) is 0 Å². The molecule has 1 aromatic carbocycles. The molecule has 0 aliphatic carbocycles. The molecule has 0 heterocycles. The highest BCUT2D eigenvalue weighted by molar-refractivity contribution is 7.98. The van der Waals surface area contributed by atoms with Crippen molar-refractivity contribution in [1.29, 1.82) is 0 Å². The van der Waals surface area contributed by atoms with Gasteiger partial charge in [-0.2, -0.15) is 0 Å². The highest BCUT2D eigenvalue weighted by atomic mass is 32.2. The number of nitro groups is 1. The third-order valence-electron chi connectivity index (χ3n) is 2.62. The van der Waals surface area contributed by atoms with Crippen molar-refractivity contribution in [2.75, 3.05) is 19.3 Å². The number of thioether (sulfide) groups is 1. The number of aliphatic carboxylic acids is 1. The normalized spacial score (nSPS) is 10.1. The lowest BCUT2D eigenvalue weighted by molar-refractivity contribution is -0.387. The lowest BCUT2D eigenvalue weighted by Crippen LogP contribution is -2.35. The third-order valence-corrected chi connectivity index (χ3v) is 3.40. The zero-order chi connectivity index (χ0) is 15.3. The summed E-state index contributed by atoms with van der Waals surface area (Å²) in [5.74, 6) is -1.67. The number of carbonyl (C=O) groups excluding carboxylic acids is 1. The van der Waals surface area contributed by atoms with Gasteiger partial charge in [-0.05, 0) is 25.3 Å². The minimum Gasteiger partial charge on any atom is -0.480 e. The van der Waals surface area contributed by atoms with Crippen LogP contribution in [0.1, 0.15) is 17.3 Å². The van der Waals surface area contributed by atoms with Gasteiger partial charge < -0.3 is 10.0 Å². The molecule has 20 heavy (non-hydrogen) atoms. The quantitative estimate of drug-likeness (QED) is 0.489. The van der Waals surface area contributed by atoms with Crippen LogP contribution >= 0.6 is 11.8 Å². The van der Waals surface area contributed by atoms with Crippen molar-refractivity contribution in [1.82, 2.24) is 4.90 Å². The number of carbonyl (C=O) groups is 2. The van der Waals surface area contributed by atoms with Crippen LogP contribution in [0.2, 0.25) is 0 Å². The number of nitro benzene ring substituents is 1. The van der Waals surface area contributed by atoms with Gasteiger partial charge in [0.15, 0.2) is 0 Å². The Morgan fingerprint density at radius 1 is 1.45 bits per heavy atom. The number of amides is 1. The summed E-state index contributed by atoms with van der Waals surface area (Å²) in [6, 6.07) is 4.13. The monoisotopic (exact) mass is 298 g/mol. The minimum absolute atomic E-state index is 0.109. The zero-order valence-electron chi connectivity index (χ0n) is 11.0. The number of benzene rings is 1. The van der Waals surface area contributed by atoms with Crippen molar-refractivity contribution in [3.05, 3.63) is 33.9 Å². The van der Waals surface area contributed by atoms with Crippen LogP contribution in [0.4, 0.5) is 5.69 Å². The predicted molar refractivity (Wildman–Crippen MR) is 74.1 cm³/mol. The van der Waals surface area contributed by atoms with Gasteiger partial charge in [-0.3, -0.25) is 19.7 Å². The molecule has 0 aliphatic heterocycles. The average molecular weight is 298 g/mol. The van der Waals surface area contributed by atoms with Gasteiger partial charge in [0.2, 0.25) is 0 Å². The van der Waals surface area contributed by atoms with Crippen molar-refractivity contribution in [2.24, 2.45) is 0 Å². The molecule has 108 valence electrons. The second-order valence-electron chi connectivity index (χ2n) is 3.86. The molecule has 0 unspecified atom stereocenters. The van der Waals surface area contributed by atoms with E-state index in [0.717, 1.165) is 4.90 Å². The molecule has 1 aromatic rings. The number of rotatable bonds is 6. The second-order valence-corrected chi connectivity index (χ2v) is 4.70. The first-order valence-electron chi connectivity index (χ1n) is 5.74. The van der Waals surface area contributed by atoms with Crippen molar-refractivity contribution >= 4 is 29.3 Å². The molecule has 0 saturated carbocycles. The molecule has 1 amide bonds. The summed E-state index contributed by atoms with van der Waals surface area (Å²) >= 11 is 1.21. The molecular weight excluding hydrogens is 284 g/mol. The Bertz CT molecular complexity index is 547. The smallest absolute Gasteiger partial charge is 0.323 e. The maximum atomic E-state index is 12.1. The van der Waals surface area contributed by atoms with Crippen molar-refractivity contribution in [3.8, 4) is 0 Å². The molecule has 0 aromatic heterocycles. The first-order valence-corrected chi connectivity index (χ1v) is 6.96. The van der Waals surface area contributed by atoms with E-state index >= 15 is 0 Å². The van der Waals surface area contributed by atoms with Gasteiger partial charge in [0, 0.05) is 18.2 Å². The van der Waals surface area contributed by atoms with E-state index in [1.54, 1.807) is 13.2 Å². The number of nitrogens with zero attached hydrogens (tertiary/aromatic N) is 2. The first kappa shape index (κ1) is 16.0. The summed E-state index contributed by atoms with van der Waals surface area (Å²) in [6.07, 6.45) is 1.70. The van der Waals surface area contributed by atoms with Crippen LogP contribution in [0.15, 0.2) is 23.1 Å². The van der Waals surface area contributed by atoms with E-state index in [2.05, 4.69) is 0 Å². The van der Waals surface area contributed by atoms with Gasteiger partial charge >= 0.3 is 5.97 Å². The Hall–Kier alpha value is -2.09. The highest BCUT2D eigenvalue weighted by Crippen LogP contribution is 2.28. The summed E-state index contributed by atoms with van der Waals surface area (Å²) in [6.45, 7) is 1.42. The number of hydrogen-bond acceptors (Lipinski definition) is 5. The molecule has 0 saturated heterocycles. The second kappa shape index (κ2) is 6.90. The Morgan fingerprint density at radius 3 is 2.55 bits per heavy atom. The molecule has 1 rings (SSSR count). The Labute approximate surface area is 119 Å². The maximum Gasteiger partial charge on any atom is 0.323 e. The van der Waals surface area contributed by atoms with Crippen LogP contribution in [0.5, 0.6) is 0 Å². The molecular formula is C12H14N2O5S. The number of carboxylic acid groups (broad SMARTS) is 1. The fraction of sp³-hybridized carbons (Fsp3) is 0.333. The molecule has 1 N–H and O–H groups in total. The summed E-state index contributed by atoms with van der Waals surface area (Å²) in [5.41, 5.74) is -0.0488. The molecule has 8 heteroatoms. The zero-order valence-corrected chi connectivity index (χ0v) is 11.8. The van der Waals surface area contributed by atoms with Gasteiger partial charge in [0.05, 0.1) is 9.82 Å². The van der Waals surface area contributed by atoms with Crippen LogP contribution < -0.4 is 0 Å². The molecule has 7 nitrogen and oxygen atoms in total. The predicted octanol–water partition coefficient (Wildman–Crippen LogP) is 1.86. The van der Waals surface area contributed by atoms with E-state index in [4.69, 9.17) is 5.11 Å². The maximum absolute atomic E-state index is 12.1. The molecule has 0 aliphatic rings. The highest BCUT2D eigenvalue weighted by Gasteiger charge is 2.21. The Kier molecular flexibility index (Phi) is 5.51. The molecule has 0 bridgehead atoms. The largest absolute Gasteiger partial charge is 0.480 e. The number of hydrogen-bond donors (Lipinski definition) is 1. The van der Waals surface area contributed by atoms with Crippen LogP contribution in [-0.4, -0.2) is 46.2 Å². The van der Waals surface area contributed by atoms with Gasteiger partial charge in [0.25, 0.3) is 11.6 Å².